The van der Waals surface area contributed by atoms with Gasteiger partial charge in [-0.15, -0.1) is 0 Å². The average Bonchev–Trinajstić information content (AvgIpc) is 2.97. The summed E-state index contributed by atoms with van der Waals surface area (Å²) < 4.78 is 14.9. The van der Waals surface area contributed by atoms with Crippen LogP contribution in [0.3, 0.4) is 0 Å². The van der Waals surface area contributed by atoms with Gasteiger partial charge < -0.3 is 20.3 Å². The summed E-state index contributed by atoms with van der Waals surface area (Å²) in [4.78, 5) is 37.3. The highest BCUT2D eigenvalue weighted by molar-refractivity contribution is 6.43. The number of benzene rings is 1. The molecule has 8 nitrogen and oxygen atoms in total. The number of hydrogen-bond donors (Lipinski definition) is 3. The van der Waals surface area contributed by atoms with Gasteiger partial charge in [0.15, 0.2) is 0 Å². The molecule has 0 aliphatic carbocycles. The summed E-state index contributed by atoms with van der Waals surface area (Å²) >= 11 is 0. The van der Waals surface area contributed by atoms with Gasteiger partial charge in [0.05, 0.1) is 17.7 Å². The second-order valence-corrected chi connectivity index (χ2v) is 7.17. The van der Waals surface area contributed by atoms with Crippen LogP contribution in [0.4, 0.5) is 10.1 Å². The zero-order valence-electron chi connectivity index (χ0n) is 16.5. The standard InChI is InChI=1S/C20H21FN4O4/c1-11-14(17(27)19(29)24-20(2,3)10-26)8-16(25(11)4)18(28)23-13-5-6-15(21)12(7-13)9-22/h5-8,26H,10H2,1-4H3,(H,23,28)(H,24,29). The van der Waals surface area contributed by atoms with E-state index in [1.165, 1.54) is 22.8 Å². The fourth-order valence-electron chi connectivity index (χ4n) is 2.56. The summed E-state index contributed by atoms with van der Waals surface area (Å²) in [6, 6.07) is 6.53. The third kappa shape index (κ3) is 4.67. The summed E-state index contributed by atoms with van der Waals surface area (Å²) in [5.74, 6) is -3.04. The molecule has 0 saturated heterocycles. The SMILES string of the molecule is Cc1c(C(=O)C(=O)NC(C)(C)CO)cc(C(=O)Nc2ccc(F)c(C#N)c2)n1C. The Hall–Kier alpha value is -3.51. The molecule has 0 atom stereocenters. The molecular formula is C20H21FN4O4. The molecule has 0 aliphatic heterocycles. The minimum Gasteiger partial charge on any atom is -0.394 e. The number of nitriles is 1. The van der Waals surface area contributed by atoms with Crippen molar-refractivity contribution in [1.82, 2.24) is 9.88 Å². The van der Waals surface area contributed by atoms with Gasteiger partial charge in [0.2, 0.25) is 0 Å². The monoisotopic (exact) mass is 400 g/mol. The summed E-state index contributed by atoms with van der Waals surface area (Å²) in [7, 11) is 1.56. The normalized spacial score (nSPS) is 10.9. The van der Waals surface area contributed by atoms with E-state index < -0.39 is 29.0 Å². The topological polar surface area (TPSA) is 124 Å². The van der Waals surface area contributed by atoms with E-state index in [1.54, 1.807) is 33.9 Å². The second-order valence-electron chi connectivity index (χ2n) is 7.17. The maximum atomic E-state index is 13.4. The van der Waals surface area contributed by atoms with Crippen molar-refractivity contribution < 1.29 is 23.9 Å². The van der Waals surface area contributed by atoms with Crippen molar-refractivity contribution in [1.29, 1.82) is 5.26 Å². The molecule has 0 aliphatic rings. The van der Waals surface area contributed by atoms with Crippen LogP contribution in [0.15, 0.2) is 24.3 Å². The van der Waals surface area contributed by atoms with E-state index in [1.807, 2.05) is 0 Å². The highest BCUT2D eigenvalue weighted by Gasteiger charge is 2.28. The van der Waals surface area contributed by atoms with Crippen LogP contribution in [0, 0.1) is 24.1 Å². The Kier molecular flexibility index (Phi) is 6.19. The maximum Gasteiger partial charge on any atom is 0.292 e. The lowest BCUT2D eigenvalue weighted by molar-refractivity contribution is -0.119. The van der Waals surface area contributed by atoms with Gasteiger partial charge in [-0.1, -0.05) is 0 Å². The molecule has 3 N–H and O–H groups in total. The zero-order chi connectivity index (χ0) is 21.9. The molecule has 2 aromatic rings. The van der Waals surface area contributed by atoms with Crippen molar-refractivity contribution in [3.05, 3.63) is 52.6 Å². The smallest absolute Gasteiger partial charge is 0.292 e. The molecule has 152 valence electrons. The highest BCUT2D eigenvalue weighted by atomic mass is 19.1. The predicted octanol–water partition coefficient (Wildman–Crippen LogP) is 1.67. The number of rotatable bonds is 6. The lowest BCUT2D eigenvalue weighted by atomic mass is 10.1. The van der Waals surface area contributed by atoms with Crippen LogP contribution in [-0.4, -0.2) is 39.4 Å². The number of nitrogens with one attached hydrogen (secondary N) is 2. The first-order valence-corrected chi connectivity index (χ1v) is 8.65. The van der Waals surface area contributed by atoms with Gasteiger partial charge in [-0.2, -0.15) is 5.26 Å². The van der Waals surface area contributed by atoms with E-state index in [9.17, 15) is 23.9 Å². The number of Topliss-reactive ketones (excluding diaryl/α,β-unsaturated/α-hetero) is 1. The molecule has 9 heteroatoms. The third-order valence-corrected chi connectivity index (χ3v) is 4.41. The first-order valence-electron chi connectivity index (χ1n) is 8.65. The number of anilines is 1. The molecule has 0 fully saturated rings. The Balaban J connectivity index is 2.28. The first kappa shape index (κ1) is 21.8. The Bertz CT molecular complexity index is 1030. The van der Waals surface area contributed by atoms with Crippen molar-refractivity contribution in [3.8, 4) is 6.07 Å². The van der Waals surface area contributed by atoms with Crippen LogP contribution in [-0.2, 0) is 11.8 Å². The molecule has 0 radical (unpaired) electrons. The number of nitrogens with zero attached hydrogens (tertiary/aromatic N) is 2. The Morgan fingerprint density at radius 1 is 1.28 bits per heavy atom. The predicted molar refractivity (Wildman–Crippen MR) is 103 cm³/mol. The van der Waals surface area contributed by atoms with E-state index in [2.05, 4.69) is 10.6 Å². The van der Waals surface area contributed by atoms with Crippen molar-refractivity contribution in [2.45, 2.75) is 26.3 Å². The average molecular weight is 400 g/mol. The lowest BCUT2D eigenvalue weighted by Crippen LogP contribution is -2.48. The molecular weight excluding hydrogens is 379 g/mol. The van der Waals surface area contributed by atoms with Crippen LogP contribution in [0.2, 0.25) is 0 Å². The van der Waals surface area contributed by atoms with E-state index >= 15 is 0 Å². The largest absolute Gasteiger partial charge is 0.394 e. The molecule has 0 bridgehead atoms. The number of halogens is 1. The first-order chi connectivity index (χ1) is 13.5. The van der Waals surface area contributed by atoms with Crippen LogP contribution in [0.25, 0.3) is 0 Å². The minimum absolute atomic E-state index is 0.0423. The highest BCUT2D eigenvalue weighted by Crippen LogP contribution is 2.19. The van der Waals surface area contributed by atoms with E-state index in [0.29, 0.717) is 5.69 Å². The number of carbonyl (C=O) groups is 3. The van der Waals surface area contributed by atoms with Crippen LogP contribution in [0.1, 0.15) is 46.0 Å². The van der Waals surface area contributed by atoms with Gasteiger partial charge in [-0.25, -0.2) is 4.39 Å². The van der Waals surface area contributed by atoms with E-state index in [-0.39, 0.29) is 29.1 Å². The molecule has 29 heavy (non-hydrogen) atoms. The van der Waals surface area contributed by atoms with Crippen molar-refractivity contribution in [2.75, 3.05) is 11.9 Å². The van der Waals surface area contributed by atoms with E-state index in [0.717, 1.165) is 6.07 Å². The van der Waals surface area contributed by atoms with Crippen molar-refractivity contribution >= 4 is 23.3 Å². The van der Waals surface area contributed by atoms with Gasteiger partial charge in [0.25, 0.3) is 17.6 Å². The lowest BCUT2D eigenvalue weighted by Gasteiger charge is -2.22. The second kappa shape index (κ2) is 8.24. The van der Waals surface area contributed by atoms with Crippen molar-refractivity contribution in [2.24, 2.45) is 7.05 Å². The van der Waals surface area contributed by atoms with Gasteiger partial charge >= 0.3 is 0 Å². The van der Waals surface area contributed by atoms with Crippen LogP contribution >= 0.6 is 0 Å². The van der Waals surface area contributed by atoms with Gasteiger partial charge in [0, 0.05) is 24.0 Å². The number of hydrogen-bond acceptors (Lipinski definition) is 5. The quantitative estimate of drug-likeness (QED) is 0.503. The van der Waals surface area contributed by atoms with Crippen LogP contribution < -0.4 is 10.6 Å². The van der Waals surface area contributed by atoms with E-state index in [4.69, 9.17) is 5.26 Å². The molecule has 0 saturated carbocycles. The molecule has 2 rings (SSSR count). The summed E-state index contributed by atoms with van der Waals surface area (Å²) in [6.07, 6.45) is 0. The molecule has 2 amide bonds. The molecule has 1 aromatic heterocycles. The Labute approximate surface area is 166 Å². The minimum atomic E-state index is -0.976. The van der Waals surface area contributed by atoms with Gasteiger partial charge in [-0.05, 0) is 45.0 Å². The summed E-state index contributed by atoms with van der Waals surface area (Å²) in [5.41, 5.74) is -0.444. The maximum absolute atomic E-state index is 13.4. The molecule has 0 spiro atoms. The molecule has 1 aromatic carbocycles. The zero-order valence-corrected chi connectivity index (χ0v) is 16.5. The van der Waals surface area contributed by atoms with Crippen LogP contribution in [0.5, 0.6) is 0 Å². The van der Waals surface area contributed by atoms with Crippen molar-refractivity contribution in [3.63, 3.8) is 0 Å². The fraction of sp³-hybridized carbons (Fsp3) is 0.300. The van der Waals surface area contributed by atoms with Gasteiger partial charge in [0.1, 0.15) is 17.6 Å². The number of amides is 2. The summed E-state index contributed by atoms with van der Waals surface area (Å²) in [6.45, 7) is 4.36. The number of aliphatic hydroxyl groups is 1. The molecule has 1 heterocycles. The third-order valence-electron chi connectivity index (χ3n) is 4.41. The Morgan fingerprint density at radius 3 is 2.52 bits per heavy atom. The number of aliphatic hydroxyl groups excluding tert-OH is 1. The van der Waals surface area contributed by atoms with Gasteiger partial charge in [-0.3, -0.25) is 14.4 Å². The number of carbonyl (C=O) groups excluding carboxylic acids is 3. The number of aromatic nitrogens is 1. The fourth-order valence-corrected chi connectivity index (χ4v) is 2.56. The number of ketones is 1. The Morgan fingerprint density at radius 2 is 1.93 bits per heavy atom. The molecule has 0 unspecified atom stereocenters. The summed E-state index contributed by atoms with van der Waals surface area (Å²) in [5, 5.41) is 23.1.